The molecule has 0 saturated heterocycles. The number of aromatic nitrogens is 2. The highest BCUT2D eigenvalue weighted by molar-refractivity contribution is 5.53. The number of halogens is 3. The number of hydrogen-bond acceptors (Lipinski definition) is 4. The van der Waals surface area contributed by atoms with Gasteiger partial charge in [0.1, 0.15) is 6.61 Å². The van der Waals surface area contributed by atoms with Crippen LogP contribution in [0.4, 0.5) is 13.2 Å². The number of hydrogen-bond donors (Lipinski definition) is 0. The molecule has 150 valence electrons. The fraction of sp³-hybridized carbons (Fsp3) is 0.619. The maximum absolute atomic E-state index is 12.3. The Bertz CT molecular complexity index is 826. The Labute approximate surface area is 161 Å². The van der Waals surface area contributed by atoms with E-state index in [0.717, 1.165) is 48.5 Å². The lowest BCUT2D eigenvalue weighted by Gasteiger charge is -2.55. The smallest absolute Gasteiger partial charge is 0.411 e. The summed E-state index contributed by atoms with van der Waals surface area (Å²) in [5.74, 6) is 3.55. The minimum atomic E-state index is -4.32. The third kappa shape index (κ3) is 3.45. The van der Waals surface area contributed by atoms with Crippen molar-refractivity contribution in [3.05, 3.63) is 35.7 Å². The van der Waals surface area contributed by atoms with E-state index in [-0.39, 0.29) is 12.0 Å². The van der Waals surface area contributed by atoms with Crippen LogP contribution in [-0.4, -0.2) is 23.0 Å². The van der Waals surface area contributed by atoms with Gasteiger partial charge in [-0.15, -0.1) is 10.2 Å². The third-order valence-electron chi connectivity index (χ3n) is 6.63. The van der Waals surface area contributed by atoms with Gasteiger partial charge in [-0.05, 0) is 74.0 Å². The van der Waals surface area contributed by atoms with Crippen LogP contribution >= 0.6 is 0 Å². The number of alkyl halides is 3. The molecule has 0 spiro atoms. The molecule has 7 heteroatoms. The Morgan fingerprint density at radius 2 is 1.71 bits per heavy atom. The topological polar surface area (TPSA) is 48.2 Å². The highest BCUT2D eigenvalue weighted by Crippen LogP contribution is 2.60. The second kappa shape index (κ2) is 6.58. The predicted octanol–water partition coefficient (Wildman–Crippen LogP) is 5.28. The van der Waals surface area contributed by atoms with Gasteiger partial charge in [0.15, 0.2) is 0 Å². The molecule has 0 unspecified atom stereocenters. The summed E-state index contributed by atoms with van der Waals surface area (Å²) in [6.07, 6.45) is 3.15. The Morgan fingerprint density at radius 1 is 1.04 bits per heavy atom. The fourth-order valence-electron chi connectivity index (χ4n) is 6.01. The van der Waals surface area contributed by atoms with Crippen LogP contribution in [-0.2, 0) is 16.8 Å². The van der Waals surface area contributed by atoms with Crippen molar-refractivity contribution in [2.45, 2.75) is 56.7 Å². The predicted molar refractivity (Wildman–Crippen MR) is 95.3 cm³/mol. The van der Waals surface area contributed by atoms with Crippen molar-refractivity contribution < 1.29 is 22.3 Å². The summed E-state index contributed by atoms with van der Waals surface area (Å²) >= 11 is 0. The molecule has 1 heterocycles. The number of ether oxygens (including phenoxy) is 1. The molecule has 4 bridgehead atoms. The number of benzene rings is 1. The monoisotopic (exact) mass is 392 g/mol. The van der Waals surface area contributed by atoms with Gasteiger partial charge in [-0.1, -0.05) is 12.1 Å². The van der Waals surface area contributed by atoms with Crippen molar-refractivity contribution in [1.29, 1.82) is 0 Å². The molecule has 4 saturated carbocycles. The molecular weight excluding hydrogens is 369 g/mol. The van der Waals surface area contributed by atoms with E-state index in [1.165, 1.54) is 19.3 Å². The van der Waals surface area contributed by atoms with Crippen LogP contribution in [0.1, 0.15) is 50.0 Å². The van der Waals surface area contributed by atoms with Gasteiger partial charge in [0.05, 0.1) is 6.61 Å². The summed E-state index contributed by atoms with van der Waals surface area (Å²) in [5.41, 5.74) is 1.40. The van der Waals surface area contributed by atoms with E-state index in [4.69, 9.17) is 9.15 Å². The SMILES string of the molecule is FC(F)(F)COCc1cccc(-c2nnc(C34CC5CC(CC(C5)C3)C4)o2)c1. The zero-order valence-corrected chi connectivity index (χ0v) is 15.5. The Hall–Kier alpha value is -1.89. The van der Waals surface area contributed by atoms with Gasteiger partial charge in [-0.3, -0.25) is 0 Å². The van der Waals surface area contributed by atoms with Crippen LogP contribution in [0.3, 0.4) is 0 Å². The molecule has 6 rings (SSSR count). The molecular formula is C21H23F3N2O2. The van der Waals surface area contributed by atoms with E-state index in [9.17, 15) is 13.2 Å². The van der Waals surface area contributed by atoms with Crippen molar-refractivity contribution in [3.8, 4) is 11.5 Å². The van der Waals surface area contributed by atoms with Crippen molar-refractivity contribution in [2.75, 3.05) is 6.61 Å². The lowest BCUT2D eigenvalue weighted by Crippen LogP contribution is -2.48. The quantitative estimate of drug-likeness (QED) is 0.694. The summed E-state index contributed by atoms with van der Waals surface area (Å²) in [6, 6.07) is 7.10. The minimum Gasteiger partial charge on any atom is -0.420 e. The lowest BCUT2D eigenvalue weighted by molar-refractivity contribution is -0.176. The van der Waals surface area contributed by atoms with Crippen LogP contribution in [0, 0.1) is 17.8 Å². The lowest BCUT2D eigenvalue weighted by atomic mass is 9.49. The average Bonchev–Trinajstić information content (AvgIpc) is 3.11. The molecule has 4 nitrogen and oxygen atoms in total. The molecule has 28 heavy (non-hydrogen) atoms. The molecule has 0 radical (unpaired) electrons. The molecule has 0 N–H and O–H groups in total. The zero-order valence-electron chi connectivity index (χ0n) is 15.5. The van der Waals surface area contributed by atoms with Crippen molar-refractivity contribution in [3.63, 3.8) is 0 Å². The fourth-order valence-corrected chi connectivity index (χ4v) is 6.01. The van der Waals surface area contributed by atoms with Crippen LogP contribution in [0.5, 0.6) is 0 Å². The largest absolute Gasteiger partial charge is 0.420 e. The Morgan fingerprint density at radius 3 is 2.36 bits per heavy atom. The van der Waals surface area contributed by atoms with Gasteiger partial charge >= 0.3 is 6.18 Å². The molecule has 0 amide bonds. The van der Waals surface area contributed by atoms with Crippen LogP contribution in [0.25, 0.3) is 11.5 Å². The van der Waals surface area contributed by atoms with Gasteiger partial charge in [-0.25, -0.2) is 0 Å². The first kappa shape index (κ1) is 18.2. The average molecular weight is 392 g/mol. The normalized spacial score (nSPS) is 31.5. The standard InChI is InChI=1S/C21H23F3N2O2/c22-21(23,24)12-27-11-13-2-1-3-17(7-13)18-25-26-19(28-18)20-8-14-4-15(9-20)6-16(5-14)10-20/h1-3,7,14-16H,4-6,8-12H2. The second-order valence-electron chi connectivity index (χ2n) is 8.92. The van der Waals surface area contributed by atoms with Crippen LogP contribution in [0.15, 0.2) is 28.7 Å². The highest BCUT2D eigenvalue weighted by Gasteiger charge is 2.54. The van der Waals surface area contributed by atoms with Gasteiger partial charge in [0.2, 0.25) is 11.8 Å². The van der Waals surface area contributed by atoms with Crippen LogP contribution < -0.4 is 0 Å². The van der Waals surface area contributed by atoms with Crippen LogP contribution in [0.2, 0.25) is 0 Å². The Balaban J connectivity index is 1.33. The van der Waals surface area contributed by atoms with Crippen molar-refractivity contribution >= 4 is 0 Å². The van der Waals surface area contributed by atoms with E-state index in [1.807, 2.05) is 6.07 Å². The van der Waals surface area contributed by atoms with Crippen molar-refractivity contribution in [2.24, 2.45) is 17.8 Å². The first-order valence-electron chi connectivity index (χ1n) is 9.96. The van der Waals surface area contributed by atoms with E-state index in [1.54, 1.807) is 18.2 Å². The first-order chi connectivity index (χ1) is 13.4. The number of nitrogens with zero attached hydrogens (tertiary/aromatic N) is 2. The van der Waals surface area contributed by atoms with Crippen molar-refractivity contribution in [1.82, 2.24) is 10.2 Å². The van der Waals surface area contributed by atoms with Gasteiger partial charge in [-0.2, -0.15) is 13.2 Å². The summed E-state index contributed by atoms with van der Waals surface area (Å²) < 4.78 is 47.6. The molecule has 0 aliphatic heterocycles. The summed E-state index contributed by atoms with van der Waals surface area (Å²) in [5, 5.41) is 8.68. The summed E-state index contributed by atoms with van der Waals surface area (Å²) in [4.78, 5) is 0. The third-order valence-corrected chi connectivity index (χ3v) is 6.63. The summed E-state index contributed by atoms with van der Waals surface area (Å²) in [7, 11) is 0. The van der Waals surface area contributed by atoms with Gasteiger partial charge < -0.3 is 9.15 Å². The molecule has 4 aliphatic rings. The summed E-state index contributed by atoms with van der Waals surface area (Å²) in [6.45, 7) is -1.36. The minimum absolute atomic E-state index is 0.0351. The molecule has 4 aliphatic carbocycles. The second-order valence-corrected chi connectivity index (χ2v) is 8.92. The van der Waals surface area contributed by atoms with E-state index in [2.05, 4.69) is 10.2 Å². The van der Waals surface area contributed by atoms with E-state index in [0.29, 0.717) is 11.5 Å². The maximum atomic E-state index is 12.3. The highest BCUT2D eigenvalue weighted by atomic mass is 19.4. The molecule has 1 aromatic heterocycles. The molecule has 1 aromatic carbocycles. The molecule has 4 fully saturated rings. The maximum Gasteiger partial charge on any atom is 0.411 e. The zero-order chi connectivity index (χ0) is 19.4. The van der Waals surface area contributed by atoms with Gasteiger partial charge in [0, 0.05) is 11.0 Å². The Kier molecular flexibility index (Phi) is 4.27. The van der Waals surface area contributed by atoms with Gasteiger partial charge in [0.25, 0.3) is 0 Å². The van der Waals surface area contributed by atoms with E-state index < -0.39 is 12.8 Å². The first-order valence-corrected chi connectivity index (χ1v) is 9.96. The molecule has 2 aromatic rings. The number of rotatable bonds is 5. The van der Waals surface area contributed by atoms with E-state index >= 15 is 0 Å². The molecule has 0 atom stereocenters.